The number of carbonyl (C=O) groups excluding carboxylic acids is 3. The number of carboxylic acid groups (broad SMARTS) is 2. The molecule has 32 heavy (non-hydrogen) atoms. The minimum absolute atomic E-state index is 0.214. The third-order valence-electron chi connectivity index (χ3n) is 4.86. The van der Waals surface area contributed by atoms with Crippen LogP contribution in [0.25, 0.3) is 0 Å². The van der Waals surface area contributed by atoms with Gasteiger partial charge in [-0.05, 0) is 56.2 Å². The molecule has 0 aromatic carbocycles. The molecule has 0 bridgehead atoms. The Hall–Kier alpha value is -1.99. The van der Waals surface area contributed by atoms with E-state index in [4.69, 9.17) is 5.11 Å². The number of rotatable bonds is 15. The van der Waals surface area contributed by atoms with E-state index in [0.717, 1.165) is 6.42 Å². The van der Waals surface area contributed by atoms with Gasteiger partial charge in [-0.15, -0.1) is 0 Å². The first-order valence-corrected chi connectivity index (χ1v) is 13.0. The molecule has 1 fully saturated rings. The number of nitrogens with one attached hydrogen (secondary N) is 4. The molecule has 11 nitrogen and oxygen atoms in total. The maximum atomic E-state index is 12.8. The summed E-state index contributed by atoms with van der Waals surface area (Å²) in [4.78, 5) is 60.5. The first kappa shape index (κ1) is 28.0. The van der Waals surface area contributed by atoms with Crippen LogP contribution in [0.1, 0.15) is 32.1 Å². The van der Waals surface area contributed by atoms with Crippen LogP contribution in [0.4, 0.5) is 0 Å². The Kier molecular flexibility index (Phi) is 13.1. The fourth-order valence-corrected chi connectivity index (χ4v) is 4.05. The summed E-state index contributed by atoms with van der Waals surface area (Å²) >= 11 is 2.88. The van der Waals surface area contributed by atoms with E-state index in [9.17, 15) is 29.1 Å². The Bertz CT molecular complexity index is 674. The molecule has 1 rings (SSSR count). The van der Waals surface area contributed by atoms with Crippen LogP contribution in [0.15, 0.2) is 0 Å². The topological polar surface area (TPSA) is 174 Å². The molecule has 4 unspecified atom stereocenters. The predicted molar refractivity (Wildman–Crippen MR) is 123 cm³/mol. The third-order valence-corrected chi connectivity index (χ3v) is 6.15. The highest BCUT2D eigenvalue weighted by molar-refractivity contribution is 7.98. The number of carbonyl (C=O) groups is 5. The zero-order chi connectivity index (χ0) is 24.1. The minimum Gasteiger partial charge on any atom is -0.481 e. The standard InChI is InChI=1S/C19H32N4O7S2/c1-31-8-5-12(17(27)22-13(19(29)30)6-9-32-2)21-18(28)14(10-15(24)25)23-16(26)11-4-3-7-20-11/h11-14,20H,3-10H2,1-2H3,(H,21,28)(H,22,27)(H,23,26)(H,24,25)(H,29,30). The van der Waals surface area contributed by atoms with Crippen molar-refractivity contribution in [1.82, 2.24) is 21.3 Å². The van der Waals surface area contributed by atoms with E-state index in [1.165, 1.54) is 23.5 Å². The van der Waals surface area contributed by atoms with Gasteiger partial charge in [-0.3, -0.25) is 19.2 Å². The number of aliphatic carboxylic acids is 2. The van der Waals surface area contributed by atoms with Gasteiger partial charge in [0.15, 0.2) is 0 Å². The molecule has 4 atom stereocenters. The van der Waals surface area contributed by atoms with Crippen LogP contribution in [0, 0.1) is 0 Å². The van der Waals surface area contributed by atoms with Gasteiger partial charge < -0.3 is 31.5 Å². The first-order chi connectivity index (χ1) is 15.2. The molecule has 1 heterocycles. The van der Waals surface area contributed by atoms with Gasteiger partial charge in [-0.25, -0.2) is 4.79 Å². The Morgan fingerprint density at radius 2 is 1.47 bits per heavy atom. The molecule has 182 valence electrons. The predicted octanol–water partition coefficient (Wildman–Crippen LogP) is -0.742. The molecule has 1 saturated heterocycles. The Morgan fingerprint density at radius 1 is 0.906 bits per heavy atom. The normalized spacial score (nSPS) is 18.2. The smallest absolute Gasteiger partial charge is 0.326 e. The zero-order valence-electron chi connectivity index (χ0n) is 18.2. The lowest BCUT2D eigenvalue weighted by Crippen LogP contribution is -2.57. The summed E-state index contributed by atoms with van der Waals surface area (Å²) < 4.78 is 0. The highest BCUT2D eigenvalue weighted by Crippen LogP contribution is 2.08. The van der Waals surface area contributed by atoms with Gasteiger partial charge in [-0.2, -0.15) is 23.5 Å². The molecule has 3 amide bonds. The van der Waals surface area contributed by atoms with E-state index in [1.807, 2.05) is 12.5 Å². The largest absolute Gasteiger partial charge is 0.481 e. The van der Waals surface area contributed by atoms with Crippen molar-refractivity contribution in [2.45, 2.75) is 56.3 Å². The van der Waals surface area contributed by atoms with Gasteiger partial charge in [0.05, 0.1) is 12.5 Å². The van der Waals surface area contributed by atoms with Gasteiger partial charge in [0.25, 0.3) is 0 Å². The monoisotopic (exact) mass is 492 g/mol. The molecule has 6 N–H and O–H groups in total. The number of hydrogen-bond acceptors (Lipinski definition) is 8. The quantitative estimate of drug-likeness (QED) is 0.171. The number of hydrogen-bond donors (Lipinski definition) is 6. The average molecular weight is 493 g/mol. The van der Waals surface area contributed by atoms with Gasteiger partial charge in [0.2, 0.25) is 17.7 Å². The molecule has 1 aliphatic rings. The van der Waals surface area contributed by atoms with Crippen LogP contribution in [0.2, 0.25) is 0 Å². The molecule has 0 aromatic rings. The van der Waals surface area contributed by atoms with Crippen LogP contribution in [0.3, 0.4) is 0 Å². The second-order valence-corrected chi connectivity index (χ2v) is 9.30. The molecule has 13 heteroatoms. The van der Waals surface area contributed by atoms with Crippen LogP contribution in [0.5, 0.6) is 0 Å². The van der Waals surface area contributed by atoms with E-state index < -0.39 is 60.2 Å². The van der Waals surface area contributed by atoms with Crippen molar-refractivity contribution in [2.24, 2.45) is 0 Å². The molecule has 1 aliphatic heterocycles. The lowest BCUT2D eigenvalue weighted by atomic mass is 10.1. The van der Waals surface area contributed by atoms with Crippen LogP contribution in [-0.2, 0) is 24.0 Å². The number of thioether (sulfide) groups is 2. The van der Waals surface area contributed by atoms with Crippen molar-refractivity contribution in [1.29, 1.82) is 0 Å². The van der Waals surface area contributed by atoms with E-state index in [1.54, 1.807) is 0 Å². The Balaban J connectivity index is 2.87. The maximum absolute atomic E-state index is 12.8. The van der Waals surface area contributed by atoms with Gasteiger partial charge in [-0.1, -0.05) is 0 Å². The van der Waals surface area contributed by atoms with Gasteiger partial charge in [0.1, 0.15) is 18.1 Å². The number of carboxylic acids is 2. The van der Waals surface area contributed by atoms with Crippen LogP contribution < -0.4 is 21.3 Å². The lowest BCUT2D eigenvalue weighted by Gasteiger charge is -2.24. The fourth-order valence-electron chi connectivity index (χ4n) is 3.11. The Labute approximate surface area is 195 Å². The molecule has 0 aliphatic carbocycles. The third kappa shape index (κ3) is 10.1. The highest BCUT2D eigenvalue weighted by Gasteiger charge is 2.32. The lowest BCUT2D eigenvalue weighted by molar-refractivity contribution is -0.143. The summed E-state index contributed by atoms with van der Waals surface area (Å²) in [5.41, 5.74) is 0. The van der Waals surface area contributed by atoms with E-state index >= 15 is 0 Å². The van der Waals surface area contributed by atoms with Gasteiger partial charge >= 0.3 is 11.9 Å². The summed E-state index contributed by atoms with van der Waals surface area (Å²) in [6.45, 7) is 0.659. The first-order valence-electron chi connectivity index (χ1n) is 10.3. The summed E-state index contributed by atoms with van der Waals surface area (Å²) in [7, 11) is 0. The van der Waals surface area contributed by atoms with Crippen molar-refractivity contribution in [3.05, 3.63) is 0 Å². The molecule has 0 spiro atoms. The van der Waals surface area contributed by atoms with Crippen molar-refractivity contribution in [3.63, 3.8) is 0 Å². The Morgan fingerprint density at radius 3 is 1.97 bits per heavy atom. The summed E-state index contributed by atoms with van der Waals surface area (Å²) in [6, 6.07) is -4.03. The molecule has 0 aromatic heterocycles. The van der Waals surface area contributed by atoms with Crippen LogP contribution in [-0.4, -0.2) is 94.6 Å². The summed E-state index contributed by atoms with van der Waals surface area (Å²) in [6.07, 6.45) is 4.80. The van der Waals surface area contributed by atoms with Crippen molar-refractivity contribution in [3.8, 4) is 0 Å². The van der Waals surface area contributed by atoms with E-state index in [-0.39, 0.29) is 12.8 Å². The van der Waals surface area contributed by atoms with Crippen molar-refractivity contribution in [2.75, 3.05) is 30.6 Å². The minimum atomic E-state index is -1.36. The fraction of sp³-hybridized carbons (Fsp3) is 0.737. The van der Waals surface area contributed by atoms with Gasteiger partial charge in [0, 0.05) is 0 Å². The van der Waals surface area contributed by atoms with Crippen molar-refractivity contribution >= 4 is 53.2 Å². The molecular formula is C19H32N4O7S2. The second-order valence-electron chi connectivity index (χ2n) is 7.33. The maximum Gasteiger partial charge on any atom is 0.326 e. The van der Waals surface area contributed by atoms with Crippen molar-refractivity contribution < 1.29 is 34.2 Å². The van der Waals surface area contributed by atoms with E-state index in [0.29, 0.717) is 24.5 Å². The van der Waals surface area contributed by atoms with Crippen LogP contribution >= 0.6 is 23.5 Å². The molecular weight excluding hydrogens is 460 g/mol. The SMILES string of the molecule is CSCCC(NC(=O)C(CCSC)NC(=O)C(CC(=O)O)NC(=O)C1CCCN1)C(=O)O. The summed E-state index contributed by atoms with van der Waals surface area (Å²) in [5.74, 6) is -3.38. The highest BCUT2D eigenvalue weighted by atomic mass is 32.2. The zero-order valence-corrected chi connectivity index (χ0v) is 19.9. The second kappa shape index (κ2) is 15.0. The average Bonchev–Trinajstić information content (AvgIpc) is 3.27. The molecule has 0 radical (unpaired) electrons. The molecule has 0 saturated carbocycles. The van der Waals surface area contributed by atoms with E-state index in [2.05, 4.69) is 21.3 Å². The number of amides is 3. The summed E-state index contributed by atoms with van der Waals surface area (Å²) in [5, 5.41) is 28.9.